The van der Waals surface area contributed by atoms with Crippen LogP contribution < -0.4 is 4.72 Å². The fourth-order valence-corrected chi connectivity index (χ4v) is 5.49. The van der Waals surface area contributed by atoms with Gasteiger partial charge in [0.2, 0.25) is 0 Å². The van der Waals surface area contributed by atoms with Crippen LogP contribution in [0.25, 0.3) is 11.0 Å². The first-order valence-electron chi connectivity index (χ1n) is 9.99. The minimum Gasteiger partial charge on any atom is -0.480 e. The maximum atomic E-state index is 12.8. The van der Waals surface area contributed by atoms with Crippen LogP contribution in [0.3, 0.4) is 0 Å². The van der Waals surface area contributed by atoms with Gasteiger partial charge >= 0.3 is 12.1 Å². The van der Waals surface area contributed by atoms with E-state index in [9.17, 15) is 31.5 Å². The molecule has 180 valence electrons. The molecule has 4 aromatic rings. The van der Waals surface area contributed by atoms with Gasteiger partial charge in [0.1, 0.15) is 16.1 Å². The lowest BCUT2D eigenvalue weighted by Crippen LogP contribution is -2.42. The highest BCUT2D eigenvalue weighted by molar-refractivity contribution is 7.91. The van der Waals surface area contributed by atoms with Crippen LogP contribution in [0.5, 0.6) is 0 Å². The van der Waals surface area contributed by atoms with Crippen LogP contribution in [0.2, 0.25) is 0 Å². The number of hydrogen-bond donors (Lipinski definition) is 3. The summed E-state index contributed by atoms with van der Waals surface area (Å²) in [5.41, 5.74) is 0.855. The van der Waals surface area contributed by atoms with Gasteiger partial charge in [-0.1, -0.05) is 24.0 Å². The van der Waals surface area contributed by atoms with Crippen molar-refractivity contribution >= 4 is 38.4 Å². The molecule has 0 spiro atoms. The van der Waals surface area contributed by atoms with Crippen LogP contribution in [0, 0.1) is 11.8 Å². The quantitative estimate of drug-likeness (QED) is 0.333. The topological polar surface area (TPSA) is 112 Å². The van der Waals surface area contributed by atoms with Crippen LogP contribution in [-0.4, -0.2) is 35.5 Å². The molecule has 3 N–H and O–H groups in total. The number of imidazole rings is 1. The van der Waals surface area contributed by atoms with Crippen molar-refractivity contribution in [2.24, 2.45) is 0 Å². The third kappa shape index (κ3) is 5.89. The number of aliphatic carboxylic acids is 1. The van der Waals surface area contributed by atoms with E-state index in [1.54, 1.807) is 24.3 Å². The Morgan fingerprint density at radius 3 is 2.46 bits per heavy atom. The Morgan fingerprint density at radius 2 is 1.80 bits per heavy atom. The highest BCUT2D eigenvalue weighted by atomic mass is 32.2. The molecule has 1 atom stereocenters. The number of halogens is 3. The number of carbonyl (C=O) groups is 1. The van der Waals surface area contributed by atoms with E-state index < -0.39 is 33.8 Å². The molecule has 4 rings (SSSR count). The van der Waals surface area contributed by atoms with E-state index in [1.807, 2.05) is 0 Å². The number of carboxylic acid groups (broad SMARTS) is 1. The first-order valence-corrected chi connectivity index (χ1v) is 12.3. The summed E-state index contributed by atoms with van der Waals surface area (Å²) in [6, 6.07) is 12.6. The van der Waals surface area contributed by atoms with Gasteiger partial charge in [0.25, 0.3) is 10.0 Å². The summed E-state index contributed by atoms with van der Waals surface area (Å²) >= 11 is 0.810. The van der Waals surface area contributed by atoms with Crippen molar-refractivity contribution < 1.29 is 31.5 Å². The van der Waals surface area contributed by atoms with E-state index in [0.717, 1.165) is 23.5 Å². The fourth-order valence-electron chi connectivity index (χ4n) is 3.13. The number of alkyl halides is 3. The summed E-state index contributed by atoms with van der Waals surface area (Å²) in [6.45, 7) is 0. The summed E-state index contributed by atoms with van der Waals surface area (Å²) in [7, 11) is -4.19. The van der Waals surface area contributed by atoms with Gasteiger partial charge in [0.15, 0.2) is 0 Å². The van der Waals surface area contributed by atoms with E-state index >= 15 is 0 Å². The largest absolute Gasteiger partial charge is 0.480 e. The summed E-state index contributed by atoms with van der Waals surface area (Å²) in [5, 5.41) is 9.55. The second kappa shape index (κ2) is 9.53. The zero-order chi connectivity index (χ0) is 25.2. The van der Waals surface area contributed by atoms with Crippen molar-refractivity contribution in [2.75, 3.05) is 0 Å². The van der Waals surface area contributed by atoms with Crippen molar-refractivity contribution in [1.82, 2.24) is 14.7 Å². The Morgan fingerprint density at radius 1 is 1.09 bits per heavy atom. The van der Waals surface area contributed by atoms with Crippen molar-refractivity contribution in [2.45, 2.75) is 22.8 Å². The number of rotatable bonds is 6. The molecule has 0 aliphatic heterocycles. The molecule has 35 heavy (non-hydrogen) atoms. The lowest BCUT2D eigenvalue weighted by atomic mass is 10.1. The van der Waals surface area contributed by atoms with E-state index in [0.29, 0.717) is 27.3 Å². The molecule has 0 fully saturated rings. The van der Waals surface area contributed by atoms with Gasteiger partial charge in [0, 0.05) is 12.0 Å². The molecule has 2 aromatic carbocycles. The monoisotopic (exact) mass is 519 g/mol. The highest BCUT2D eigenvalue weighted by Gasteiger charge is 2.30. The predicted octanol–water partition coefficient (Wildman–Crippen LogP) is 4.02. The summed E-state index contributed by atoms with van der Waals surface area (Å²) < 4.78 is 65.6. The number of sulfonamides is 1. The predicted molar refractivity (Wildman–Crippen MR) is 123 cm³/mol. The number of nitrogens with zero attached hydrogens (tertiary/aromatic N) is 1. The van der Waals surface area contributed by atoms with Gasteiger partial charge in [0.05, 0.1) is 21.5 Å². The number of nitrogens with one attached hydrogen (secondary N) is 2. The first-order chi connectivity index (χ1) is 16.5. The Bertz CT molecular complexity index is 1510. The number of aromatic nitrogens is 2. The SMILES string of the molecule is O=C(O)[C@@H](Cc1nc2ccccc2[nH]1)NS(=O)(=O)c1ccc(C#Cc2ccc(C(F)(F)F)cc2)s1. The third-order valence-corrected chi connectivity index (χ3v) is 7.78. The number of thiophene rings is 1. The van der Waals surface area contributed by atoms with Gasteiger partial charge in [-0.15, -0.1) is 11.3 Å². The number of carboxylic acids is 1. The molecule has 0 bridgehead atoms. The van der Waals surface area contributed by atoms with Crippen LogP contribution in [0.15, 0.2) is 64.9 Å². The molecule has 12 heteroatoms. The number of para-hydroxylation sites is 2. The molecule has 0 radical (unpaired) electrons. The van der Waals surface area contributed by atoms with E-state index in [2.05, 4.69) is 26.5 Å². The summed E-state index contributed by atoms with van der Waals surface area (Å²) in [4.78, 5) is 19.3. The molecule has 0 aliphatic rings. The molecular weight excluding hydrogens is 503 g/mol. The molecule has 0 aliphatic carbocycles. The lowest BCUT2D eigenvalue weighted by Gasteiger charge is -2.12. The smallest absolute Gasteiger partial charge is 0.416 e. The fraction of sp³-hybridized carbons (Fsp3) is 0.130. The summed E-state index contributed by atoms with van der Waals surface area (Å²) in [5.74, 6) is 4.33. The minimum absolute atomic E-state index is 0.148. The second-order valence-corrected chi connectivity index (χ2v) is 10.4. The van der Waals surface area contributed by atoms with Crippen LogP contribution in [0.1, 0.15) is 21.8 Å². The first kappa shape index (κ1) is 24.5. The highest BCUT2D eigenvalue weighted by Crippen LogP contribution is 2.29. The van der Waals surface area contributed by atoms with Crippen molar-refractivity contribution in [3.05, 3.63) is 82.5 Å². The lowest BCUT2D eigenvalue weighted by molar-refractivity contribution is -0.139. The third-order valence-electron chi connectivity index (χ3n) is 4.82. The Labute approximate surface area is 201 Å². The van der Waals surface area contributed by atoms with Crippen molar-refractivity contribution in [3.8, 4) is 11.8 Å². The minimum atomic E-state index is -4.45. The standard InChI is InChI=1S/C23H16F3N3O4S2/c24-23(25,26)15-8-5-14(6-9-15)7-10-16-11-12-21(34-16)35(32,33)29-19(22(30)31)13-20-27-17-3-1-2-4-18(17)28-20/h1-6,8-9,11-12,19,29H,13H2,(H,27,28)(H,30,31)/t19-/m1/s1. The molecule has 0 saturated heterocycles. The molecule has 7 nitrogen and oxygen atoms in total. The number of fused-ring (bicyclic) bond motifs is 1. The van der Waals surface area contributed by atoms with E-state index in [1.165, 1.54) is 24.3 Å². The average molecular weight is 520 g/mol. The van der Waals surface area contributed by atoms with Gasteiger partial charge in [-0.25, -0.2) is 13.4 Å². The Balaban J connectivity index is 1.48. The number of benzene rings is 2. The Kier molecular flexibility index (Phi) is 6.66. The van der Waals surface area contributed by atoms with Gasteiger partial charge < -0.3 is 10.1 Å². The van der Waals surface area contributed by atoms with Crippen molar-refractivity contribution in [3.63, 3.8) is 0 Å². The second-order valence-electron chi connectivity index (χ2n) is 7.36. The zero-order valence-electron chi connectivity index (χ0n) is 17.6. The van der Waals surface area contributed by atoms with Crippen LogP contribution in [-0.2, 0) is 27.4 Å². The van der Waals surface area contributed by atoms with Gasteiger partial charge in [-0.3, -0.25) is 4.79 Å². The summed E-state index contributed by atoms with van der Waals surface area (Å²) in [6.07, 6.45) is -4.65. The van der Waals surface area contributed by atoms with Crippen LogP contribution in [0.4, 0.5) is 13.2 Å². The molecule has 0 amide bonds. The maximum Gasteiger partial charge on any atom is 0.416 e. The molecular formula is C23H16F3N3O4S2. The number of aromatic amines is 1. The van der Waals surface area contributed by atoms with Crippen LogP contribution >= 0.6 is 11.3 Å². The number of H-pyrrole nitrogens is 1. The molecule has 2 heterocycles. The average Bonchev–Trinajstić information content (AvgIpc) is 3.44. The number of hydrogen-bond acceptors (Lipinski definition) is 5. The van der Waals surface area contributed by atoms with Gasteiger partial charge in [-0.2, -0.15) is 17.9 Å². The van der Waals surface area contributed by atoms with Crippen molar-refractivity contribution in [1.29, 1.82) is 0 Å². The van der Waals surface area contributed by atoms with E-state index in [-0.39, 0.29) is 10.6 Å². The van der Waals surface area contributed by atoms with E-state index in [4.69, 9.17) is 0 Å². The normalized spacial score (nSPS) is 12.8. The molecule has 0 saturated carbocycles. The molecule has 0 unspecified atom stereocenters. The Hall–Kier alpha value is -3.66. The van der Waals surface area contributed by atoms with Gasteiger partial charge in [-0.05, 0) is 48.5 Å². The molecule has 2 aromatic heterocycles. The zero-order valence-corrected chi connectivity index (χ0v) is 19.3. The maximum absolute atomic E-state index is 12.8.